The molecule has 0 spiro atoms. The van der Waals surface area contributed by atoms with Gasteiger partial charge in [0.2, 0.25) is 5.91 Å². The number of amides is 1. The fourth-order valence-corrected chi connectivity index (χ4v) is 3.65. The van der Waals surface area contributed by atoms with E-state index in [2.05, 4.69) is 10.3 Å². The molecule has 0 saturated carbocycles. The van der Waals surface area contributed by atoms with E-state index in [-0.39, 0.29) is 34.8 Å². The van der Waals surface area contributed by atoms with Gasteiger partial charge in [-0.25, -0.2) is 9.78 Å². The summed E-state index contributed by atoms with van der Waals surface area (Å²) in [4.78, 5) is 42.5. The van der Waals surface area contributed by atoms with Gasteiger partial charge in [-0.2, -0.15) is 0 Å². The fraction of sp³-hybridized carbons (Fsp3) is 0.120. The van der Waals surface area contributed by atoms with Crippen molar-refractivity contribution in [3.63, 3.8) is 0 Å². The van der Waals surface area contributed by atoms with Crippen LogP contribution in [-0.2, 0) is 22.5 Å². The van der Waals surface area contributed by atoms with Crippen LogP contribution in [0.25, 0.3) is 10.9 Å². The van der Waals surface area contributed by atoms with Crippen LogP contribution >= 0.6 is 11.6 Å². The largest absolute Gasteiger partial charge is 0.465 e. The van der Waals surface area contributed by atoms with Crippen molar-refractivity contribution in [2.45, 2.75) is 13.0 Å². The normalized spacial score (nSPS) is 10.7. The van der Waals surface area contributed by atoms with Gasteiger partial charge in [-0.05, 0) is 35.9 Å². The third kappa shape index (κ3) is 4.94. The molecule has 0 radical (unpaired) electrons. The molecule has 1 heterocycles. The second kappa shape index (κ2) is 9.67. The first-order chi connectivity index (χ1) is 16.0. The number of nitrogens with one attached hydrogen (secondary N) is 1. The quantitative estimate of drug-likeness (QED) is 0.437. The lowest BCUT2D eigenvalue weighted by Gasteiger charge is -2.14. The Morgan fingerprint density at radius 1 is 1.03 bits per heavy atom. The van der Waals surface area contributed by atoms with Crippen molar-refractivity contribution >= 4 is 40.1 Å². The maximum Gasteiger partial charge on any atom is 0.337 e. The number of para-hydroxylation sites is 1. The average Bonchev–Trinajstić information content (AvgIpc) is 2.83. The van der Waals surface area contributed by atoms with Crippen LogP contribution in [0.5, 0.6) is 0 Å². The lowest BCUT2D eigenvalue weighted by molar-refractivity contribution is -0.115. The zero-order valence-corrected chi connectivity index (χ0v) is 18.5. The minimum absolute atomic E-state index is 0.161. The predicted molar refractivity (Wildman–Crippen MR) is 127 cm³/mol. The lowest BCUT2D eigenvalue weighted by atomic mass is 10.2. The Balaban J connectivity index is 1.68. The molecule has 166 valence electrons. The molecule has 0 aliphatic rings. The van der Waals surface area contributed by atoms with Gasteiger partial charge in [0.25, 0.3) is 5.56 Å². The number of halogens is 1. The number of fused-ring (bicyclic) bond motifs is 1. The van der Waals surface area contributed by atoms with Crippen LogP contribution in [0.2, 0.25) is 5.02 Å². The smallest absolute Gasteiger partial charge is 0.337 e. The summed E-state index contributed by atoms with van der Waals surface area (Å²) in [5.41, 5.74) is 1.72. The van der Waals surface area contributed by atoms with Crippen LogP contribution in [0.4, 0.5) is 5.69 Å². The highest BCUT2D eigenvalue weighted by Crippen LogP contribution is 2.24. The summed E-state index contributed by atoms with van der Waals surface area (Å²) in [6, 6.07) is 21.0. The molecule has 1 aromatic heterocycles. The SMILES string of the molecule is COC(=O)c1ccc(Cl)c(NC(=O)Cc2nc3ccccc3c(=O)n2Cc2ccccc2)c1. The van der Waals surface area contributed by atoms with E-state index in [1.165, 1.54) is 29.9 Å². The fourth-order valence-electron chi connectivity index (χ4n) is 3.48. The topological polar surface area (TPSA) is 90.3 Å². The summed E-state index contributed by atoms with van der Waals surface area (Å²) >= 11 is 6.20. The molecule has 8 heteroatoms. The number of hydrogen-bond donors (Lipinski definition) is 1. The highest BCUT2D eigenvalue weighted by atomic mass is 35.5. The third-order valence-electron chi connectivity index (χ3n) is 5.10. The van der Waals surface area contributed by atoms with Gasteiger partial charge >= 0.3 is 5.97 Å². The van der Waals surface area contributed by atoms with Crippen molar-refractivity contribution in [1.82, 2.24) is 9.55 Å². The minimum Gasteiger partial charge on any atom is -0.465 e. The van der Waals surface area contributed by atoms with Crippen LogP contribution < -0.4 is 10.9 Å². The summed E-state index contributed by atoms with van der Waals surface area (Å²) in [5, 5.41) is 3.45. The molecule has 0 saturated heterocycles. The third-order valence-corrected chi connectivity index (χ3v) is 5.43. The molecular weight excluding hydrogens is 442 g/mol. The number of rotatable bonds is 6. The number of carbonyl (C=O) groups is 2. The molecule has 0 aliphatic heterocycles. The van der Waals surface area contributed by atoms with E-state index in [4.69, 9.17) is 16.3 Å². The Kier molecular flexibility index (Phi) is 6.51. The number of hydrogen-bond acceptors (Lipinski definition) is 5. The van der Waals surface area contributed by atoms with E-state index < -0.39 is 11.9 Å². The van der Waals surface area contributed by atoms with E-state index in [0.29, 0.717) is 16.7 Å². The summed E-state index contributed by atoms with van der Waals surface area (Å²) < 4.78 is 6.22. The number of ether oxygens (including phenoxy) is 1. The van der Waals surface area contributed by atoms with Crippen molar-refractivity contribution in [3.8, 4) is 0 Å². The Morgan fingerprint density at radius 2 is 1.76 bits per heavy atom. The standard InChI is InChI=1S/C25H20ClN3O4/c1-33-25(32)17-11-12-19(26)21(13-17)28-23(30)14-22-27-20-10-6-5-9-18(20)24(31)29(22)15-16-7-3-2-4-8-16/h2-13H,14-15H2,1H3,(H,28,30). The van der Waals surface area contributed by atoms with Crippen LogP contribution in [0.1, 0.15) is 21.7 Å². The lowest BCUT2D eigenvalue weighted by Crippen LogP contribution is -2.29. The van der Waals surface area contributed by atoms with E-state index >= 15 is 0 Å². The maximum absolute atomic E-state index is 13.2. The first-order valence-electron chi connectivity index (χ1n) is 10.2. The molecule has 3 aromatic carbocycles. The van der Waals surface area contributed by atoms with Gasteiger partial charge < -0.3 is 10.1 Å². The summed E-state index contributed by atoms with van der Waals surface area (Å²) in [5.74, 6) is -0.654. The highest BCUT2D eigenvalue weighted by Gasteiger charge is 2.17. The highest BCUT2D eigenvalue weighted by molar-refractivity contribution is 6.33. The van der Waals surface area contributed by atoms with E-state index in [0.717, 1.165) is 5.56 Å². The molecule has 1 amide bonds. The van der Waals surface area contributed by atoms with Crippen LogP contribution in [0.3, 0.4) is 0 Å². The molecule has 7 nitrogen and oxygen atoms in total. The average molecular weight is 462 g/mol. The number of aromatic nitrogens is 2. The minimum atomic E-state index is -0.546. The second-order valence-electron chi connectivity index (χ2n) is 7.33. The van der Waals surface area contributed by atoms with Crippen molar-refractivity contribution in [2.75, 3.05) is 12.4 Å². The number of carbonyl (C=O) groups excluding carboxylic acids is 2. The molecule has 1 N–H and O–H groups in total. The van der Waals surface area contributed by atoms with Crippen molar-refractivity contribution in [2.24, 2.45) is 0 Å². The zero-order chi connectivity index (χ0) is 23.4. The van der Waals surface area contributed by atoms with Crippen LogP contribution in [-0.4, -0.2) is 28.5 Å². The number of benzene rings is 3. The zero-order valence-electron chi connectivity index (χ0n) is 17.7. The van der Waals surface area contributed by atoms with E-state index in [9.17, 15) is 14.4 Å². The molecule has 4 rings (SSSR count). The van der Waals surface area contributed by atoms with Gasteiger partial charge in [0.05, 0.1) is 47.3 Å². The second-order valence-corrected chi connectivity index (χ2v) is 7.74. The Labute approximate surface area is 194 Å². The van der Waals surface area contributed by atoms with Gasteiger partial charge in [-0.1, -0.05) is 54.1 Å². The van der Waals surface area contributed by atoms with Gasteiger partial charge in [0, 0.05) is 0 Å². The Morgan fingerprint density at radius 3 is 2.52 bits per heavy atom. The van der Waals surface area contributed by atoms with Gasteiger partial charge in [0.15, 0.2) is 0 Å². The van der Waals surface area contributed by atoms with Gasteiger partial charge in [-0.3, -0.25) is 14.2 Å². The first kappa shape index (κ1) is 22.2. The molecule has 0 atom stereocenters. The molecule has 33 heavy (non-hydrogen) atoms. The molecular formula is C25H20ClN3O4. The number of nitrogens with zero attached hydrogens (tertiary/aromatic N) is 2. The molecule has 0 aliphatic carbocycles. The summed E-state index contributed by atoms with van der Waals surface area (Å²) in [6.45, 7) is 0.276. The Bertz CT molecular complexity index is 1400. The maximum atomic E-state index is 13.2. The van der Waals surface area contributed by atoms with Crippen molar-refractivity contribution < 1.29 is 14.3 Å². The Hall–Kier alpha value is -3.97. The van der Waals surface area contributed by atoms with Crippen LogP contribution in [0, 0.1) is 0 Å². The molecule has 0 unspecified atom stereocenters. The van der Waals surface area contributed by atoms with Crippen LogP contribution in [0.15, 0.2) is 77.6 Å². The van der Waals surface area contributed by atoms with Crippen molar-refractivity contribution in [1.29, 1.82) is 0 Å². The van der Waals surface area contributed by atoms with E-state index in [1.807, 2.05) is 30.3 Å². The number of methoxy groups -OCH3 is 1. The summed E-state index contributed by atoms with van der Waals surface area (Å²) in [7, 11) is 1.27. The number of anilines is 1. The van der Waals surface area contributed by atoms with Crippen molar-refractivity contribution in [3.05, 3.63) is 105 Å². The molecule has 4 aromatic rings. The molecule has 0 bridgehead atoms. The first-order valence-corrected chi connectivity index (χ1v) is 10.5. The van der Waals surface area contributed by atoms with Gasteiger partial charge in [0.1, 0.15) is 5.82 Å². The monoisotopic (exact) mass is 461 g/mol. The van der Waals surface area contributed by atoms with Gasteiger partial charge in [-0.15, -0.1) is 0 Å². The van der Waals surface area contributed by atoms with E-state index in [1.54, 1.807) is 24.3 Å². The number of esters is 1. The summed E-state index contributed by atoms with van der Waals surface area (Å²) in [6.07, 6.45) is -0.161. The predicted octanol–water partition coefficient (Wildman–Crippen LogP) is 4.07. The molecule has 0 fully saturated rings.